The number of nitrogens with one attached hydrogen (secondary N) is 2. The van der Waals surface area contributed by atoms with Gasteiger partial charge in [0.25, 0.3) is 0 Å². The van der Waals surface area contributed by atoms with Gasteiger partial charge in [-0.25, -0.2) is 0 Å². The largest absolute Gasteiger partial charge is 0.497 e. The Kier molecular flexibility index (Phi) is 5.56. The SMILES string of the molecule is COc1cccc([C@@H]2CN(C(=O)[C@H]3CC(=O)Nc4ccccc43)C[C@]23CCCCC(=O)N3)c1. The van der Waals surface area contributed by atoms with Gasteiger partial charge in [0, 0.05) is 37.5 Å². The molecule has 2 fully saturated rings. The fourth-order valence-electron chi connectivity index (χ4n) is 5.72. The van der Waals surface area contributed by atoms with Crippen molar-refractivity contribution in [1.82, 2.24) is 10.2 Å². The highest BCUT2D eigenvalue weighted by Crippen LogP contribution is 2.43. The van der Waals surface area contributed by atoms with Crippen LogP contribution in [0.4, 0.5) is 5.69 Å². The summed E-state index contributed by atoms with van der Waals surface area (Å²) in [6, 6.07) is 15.4. The number of fused-ring (bicyclic) bond motifs is 1. The second-order valence-corrected chi connectivity index (χ2v) is 9.35. The molecule has 0 saturated carbocycles. The summed E-state index contributed by atoms with van der Waals surface area (Å²) < 4.78 is 5.44. The Morgan fingerprint density at radius 2 is 1.94 bits per heavy atom. The van der Waals surface area contributed by atoms with Gasteiger partial charge < -0.3 is 20.3 Å². The van der Waals surface area contributed by atoms with Crippen LogP contribution in [-0.2, 0) is 14.4 Å². The lowest BCUT2D eigenvalue weighted by Crippen LogP contribution is -2.53. The van der Waals surface area contributed by atoms with E-state index in [2.05, 4.69) is 10.6 Å². The van der Waals surface area contributed by atoms with Crippen molar-refractivity contribution >= 4 is 23.4 Å². The summed E-state index contributed by atoms with van der Waals surface area (Å²) in [6.07, 6.45) is 3.23. The lowest BCUT2D eigenvalue weighted by atomic mass is 9.79. The molecule has 33 heavy (non-hydrogen) atoms. The lowest BCUT2D eigenvalue weighted by Gasteiger charge is -2.35. The number of rotatable bonds is 3. The number of ether oxygens (including phenoxy) is 1. The van der Waals surface area contributed by atoms with Gasteiger partial charge in [0.05, 0.1) is 18.6 Å². The number of anilines is 1. The van der Waals surface area contributed by atoms with Crippen LogP contribution in [0.15, 0.2) is 48.5 Å². The van der Waals surface area contributed by atoms with Gasteiger partial charge in [-0.1, -0.05) is 36.8 Å². The Hall–Kier alpha value is -3.35. The highest BCUT2D eigenvalue weighted by Gasteiger charge is 2.51. The van der Waals surface area contributed by atoms with Crippen LogP contribution in [0.25, 0.3) is 0 Å². The van der Waals surface area contributed by atoms with Gasteiger partial charge in [-0.2, -0.15) is 0 Å². The molecule has 5 rings (SSSR count). The first-order valence-electron chi connectivity index (χ1n) is 11.6. The van der Waals surface area contributed by atoms with Crippen LogP contribution in [0.3, 0.4) is 0 Å². The minimum Gasteiger partial charge on any atom is -0.497 e. The van der Waals surface area contributed by atoms with Gasteiger partial charge >= 0.3 is 0 Å². The molecule has 0 aliphatic carbocycles. The van der Waals surface area contributed by atoms with Crippen LogP contribution in [-0.4, -0.2) is 48.4 Å². The number of likely N-dealkylation sites (tertiary alicyclic amines) is 1. The smallest absolute Gasteiger partial charge is 0.230 e. The van der Waals surface area contributed by atoms with E-state index in [9.17, 15) is 14.4 Å². The third-order valence-corrected chi connectivity index (χ3v) is 7.31. The third-order valence-electron chi connectivity index (χ3n) is 7.31. The Bertz CT molecular complexity index is 1100. The maximum Gasteiger partial charge on any atom is 0.230 e. The normalized spacial score (nSPS) is 26.9. The predicted octanol–water partition coefficient (Wildman–Crippen LogP) is 3.18. The Morgan fingerprint density at radius 3 is 2.79 bits per heavy atom. The average Bonchev–Trinajstić information content (AvgIpc) is 3.08. The summed E-state index contributed by atoms with van der Waals surface area (Å²) >= 11 is 0. The minimum atomic E-state index is -0.522. The number of amides is 3. The molecule has 2 aromatic rings. The number of carbonyl (C=O) groups excluding carboxylic acids is 3. The van der Waals surface area contributed by atoms with E-state index >= 15 is 0 Å². The summed E-state index contributed by atoms with van der Waals surface area (Å²) in [6.45, 7) is 0.937. The first-order valence-corrected chi connectivity index (χ1v) is 11.6. The van der Waals surface area contributed by atoms with Crippen molar-refractivity contribution in [3.05, 3.63) is 59.7 Å². The molecule has 3 amide bonds. The molecule has 2 N–H and O–H groups in total. The molecule has 172 valence electrons. The van der Waals surface area contributed by atoms with E-state index in [1.54, 1.807) is 7.11 Å². The number of nitrogens with zero attached hydrogens (tertiary/aromatic N) is 1. The molecule has 3 atom stereocenters. The van der Waals surface area contributed by atoms with E-state index < -0.39 is 11.5 Å². The van der Waals surface area contributed by atoms with E-state index in [0.717, 1.165) is 36.1 Å². The molecule has 7 nitrogen and oxygen atoms in total. The standard InChI is InChI=1S/C26H29N3O4/c1-33-18-8-6-7-17(13-18)21-15-29(16-26(21)12-5-4-11-23(30)28-26)25(32)20-14-24(31)27-22-10-3-2-9-19(20)22/h2-3,6-10,13,20-21H,4-5,11-12,14-16H2,1H3,(H,27,31)(H,28,30)/t20-,21-,26+/m0/s1. The van der Waals surface area contributed by atoms with E-state index in [0.29, 0.717) is 25.2 Å². The molecule has 2 saturated heterocycles. The van der Waals surface area contributed by atoms with Crippen LogP contribution in [0, 0.1) is 0 Å². The number of benzene rings is 2. The number of carbonyl (C=O) groups is 3. The fourth-order valence-corrected chi connectivity index (χ4v) is 5.72. The Labute approximate surface area is 193 Å². The van der Waals surface area contributed by atoms with Crippen molar-refractivity contribution < 1.29 is 19.1 Å². The number of hydrogen-bond donors (Lipinski definition) is 2. The zero-order valence-corrected chi connectivity index (χ0v) is 18.8. The average molecular weight is 448 g/mol. The van der Waals surface area contributed by atoms with Gasteiger partial charge in [0.1, 0.15) is 5.75 Å². The maximum atomic E-state index is 13.8. The summed E-state index contributed by atoms with van der Waals surface area (Å²) in [5.41, 5.74) is 2.08. The molecule has 7 heteroatoms. The van der Waals surface area contributed by atoms with Crippen molar-refractivity contribution in [1.29, 1.82) is 0 Å². The number of hydrogen-bond acceptors (Lipinski definition) is 4. The topological polar surface area (TPSA) is 87.7 Å². The van der Waals surface area contributed by atoms with E-state index in [1.165, 1.54) is 0 Å². The molecular weight excluding hydrogens is 418 g/mol. The molecule has 2 aromatic carbocycles. The summed E-state index contributed by atoms with van der Waals surface area (Å²) in [5, 5.41) is 6.18. The molecule has 0 radical (unpaired) electrons. The Morgan fingerprint density at radius 1 is 1.09 bits per heavy atom. The van der Waals surface area contributed by atoms with E-state index in [-0.39, 0.29) is 30.1 Å². The zero-order valence-electron chi connectivity index (χ0n) is 18.8. The van der Waals surface area contributed by atoms with Crippen molar-refractivity contribution in [3.63, 3.8) is 0 Å². The van der Waals surface area contributed by atoms with E-state index in [1.807, 2.05) is 53.4 Å². The highest BCUT2D eigenvalue weighted by molar-refractivity contribution is 6.01. The van der Waals surface area contributed by atoms with Gasteiger partial charge in [0.2, 0.25) is 17.7 Å². The van der Waals surface area contributed by atoms with Crippen LogP contribution in [0.5, 0.6) is 5.75 Å². The Balaban J connectivity index is 1.50. The fraction of sp³-hybridized carbons (Fsp3) is 0.423. The van der Waals surface area contributed by atoms with Crippen LogP contribution in [0.1, 0.15) is 55.1 Å². The molecule has 0 unspecified atom stereocenters. The summed E-state index contributed by atoms with van der Waals surface area (Å²) in [7, 11) is 1.64. The third kappa shape index (κ3) is 3.96. The van der Waals surface area contributed by atoms with Crippen molar-refractivity contribution in [2.75, 3.05) is 25.5 Å². The van der Waals surface area contributed by atoms with Crippen molar-refractivity contribution in [3.8, 4) is 5.75 Å². The van der Waals surface area contributed by atoms with Crippen molar-refractivity contribution in [2.45, 2.75) is 49.5 Å². The molecule has 3 aliphatic heterocycles. The van der Waals surface area contributed by atoms with Crippen molar-refractivity contribution in [2.24, 2.45) is 0 Å². The van der Waals surface area contributed by atoms with Gasteiger partial charge in [0.15, 0.2) is 0 Å². The predicted molar refractivity (Wildman–Crippen MR) is 124 cm³/mol. The van der Waals surface area contributed by atoms with E-state index in [4.69, 9.17) is 4.74 Å². The second-order valence-electron chi connectivity index (χ2n) is 9.35. The second kappa shape index (κ2) is 8.54. The van der Waals surface area contributed by atoms with Gasteiger partial charge in [-0.3, -0.25) is 14.4 Å². The maximum absolute atomic E-state index is 13.8. The van der Waals surface area contributed by atoms with Crippen LogP contribution >= 0.6 is 0 Å². The van der Waals surface area contributed by atoms with Gasteiger partial charge in [-0.05, 0) is 42.2 Å². The first kappa shape index (κ1) is 21.5. The highest BCUT2D eigenvalue weighted by atomic mass is 16.5. The van der Waals surface area contributed by atoms with Crippen LogP contribution in [0.2, 0.25) is 0 Å². The summed E-state index contributed by atoms with van der Waals surface area (Å²) in [5.74, 6) is 0.0276. The molecule has 3 heterocycles. The molecule has 0 aromatic heterocycles. The quantitative estimate of drug-likeness (QED) is 0.757. The molecule has 1 spiro atoms. The number of methoxy groups -OCH3 is 1. The zero-order chi connectivity index (χ0) is 23.0. The summed E-state index contributed by atoms with van der Waals surface area (Å²) in [4.78, 5) is 40.6. The first-order chi connectivity index (χ1) is 16.0. The molecular formula is C26H29N3O4. The lowest BCUT2D eigenvalue weighted by molar-refractivity contribution is -0.134. The number of para-hydroxylation sites is 1. The minimum absolute atomic E-state index is 0.0390. The van der Waals surface area contributed by atoms with Gasteiger partial charge in [-0.15, -0.1) is 0 Å². The molecule has 3 aliphatic rings. The van der Waals surface area contributed by atoms with Crippen LogP contribution < -0.4 is 15.4 Å². The molecule has 0 bridgehead atoms. The monoisotopic (exact) mass is 447 g/mol.